The zero-order valence-electron chi connectivity index (χ0n) is 10.5. The van der Waals surface area contributed by atoms with Gasteiger partial charge < -0.3 is 14.3 Å². The van der Waals surface area contributed by atoms with Gasteiger partial charge in [0.1, 0.15) is 5.58 Å². The second-order valence-electron chi connectivity index (χ2n) is 4.68. The summed E-state index contributed by atoms with van der Waals surface area (Å²) in [5.41, 5.74) is 1.77. The van der Waals surface area contributed by atoms with Crippen molar-refractivity contribution in [3.8, 4) is 0 Å². The molecule has 1 aromatic heterocycles. The van der Waals surface area contributed by atoms with Crippen LogP contribution in [0.15, 0.2) is 28.7 Å². The molecule has 1 N–H and O–H groups in total. The molecule has 5 heteroatoms. The Hall–Kier alpha value is -1.85. The van der Waals surface area contributed by atoms with E-state index in [0.29, 0.717) is 5.58 Å². The van der Waals surface area contributed by atoms with Crippen LogP contribution in [0.5, 0.6) is 0 Å². The fraction of sp³-hybridized carbons (Fsp3) is 0.357. The SMILES string of the molecule is O=C(O)c1cc2cc(CN3CCOCC3)ccc2o1. The average Bonchev–Trinajstić information content (AvgIpc) is 2.83. The first-order valence-corrected chi connectivity index (χ1v) is 6.28. The van der Waals surface area contributed by atoms with Crippen LogP contribution < -0.4 is 0 Å². The second kappa shape index (κ2) is 5.03. The van der Waals surface area contributed by atoms with Crippen molar-refractivity contribution in [2.24, 2.45) is 0 Å². The first-order valence-electron chi connectivity index (χ1n) is 6.28. The van der Waals surface area contributed by atoms with E-state index in [1.165, 1.54) is 0 Å². The van der Waals surface area contributed by atoms with Gasteiger partial charge in [0.15, 0.2) is 0 Å². The Kier molecular flexibility index (Phi) is 3.23. The van der Waals surface area contributed by atoms with Crippen LogP contribution in [0.1, 0.15) is 16.1 Å². The maximum Gasteiger partial charge on any atom is 0.371 e. The Morgan fingerprint density at radius 3 is 2.79 bits per heavy atom. The summed E-state index contributed by atoms with van der Waals surface area (Å²) >= 11 is 0. The van der Waals surface area contributed by atoms with E-state index in [9.17, 15) is 4.79 Å². The van der Waals surface area contributed by atoms with Crippen molar-refractivity contribution in [1.29, 1.82) is 0 Å². The number of nitrogens with zero attached hydrogens (tertiary/aromatic N) is 1. The number of aromatic carboxylic acids is 1. The quantitative estimate of drug-likeness (QED) is 0.915. The van der Waals surface area contributed by atoms with Crippen LogP contribution in [0, 0.1) is 0 Å². The highest BCUT2D eigenvalue weighted by atomic mass is 16.5. The van der Waals surface area contributed by atoms with E-state index in [4.69, 9.17) is 14.3 Å². The highest BCUT2D eigenvalue weighted by molar-refractivity contribution is 5.91. The number of rotatable bonds is 3. The lowest BCUT2D eigenvalue weighted by Gasteiger charge is -2.26. The van der Waals surface area contributed by atoms with E-state index in [-0.39, 0.29) is 5.76 Å². The molecule has 0 amide bonds. The van der Waals surface area contributed by atoms with Crippen molar-refractivity contribution in [1.82, 2.24) is 4.90 Å². The molecule has 1 saturated heterocycles. The number of carboxylic acids is 1. The molecule has 1 aromatic carbocycles. The Morgan fingerprint density at radius 1 is 1.26 bits per heavy atom. The molecule has 1 aliphatic rings. The van der Waals surface area contributed by atoms with Crippen LogP contribution in [0.25, 0.3) is 11.0 Å². The van der Waals surface area contributed by atoms with Gasteiger partial charge in [-0.2, -0.15) is 0 Å². The summed E-state index contributed by atoms with van der Waals surface area (Å²) in [5, 5.41) is 9.74. The van der Waals surface area contributed by atoms with Gasteiger partial charge in [0.05, 0.1) is 13.2 Å². The molecule has 2 heterocycles. The Morgan fingerprint density at radius 2 is 2.05 bits per heavy atom. The minimum Gasteiger partial charge on any atom is -0.475 e. The molecule has 1 fully saturated rings. The summed E-state index contributed by atoms with van der Waals surface area (Å²) in [4.78, 5) is 13.2. The number of furan rings is 1. The van der Waals surface area contributed by atoms with Crippen molar-refractivity contribution in [3.63, 3.8) is 0 Å². The number of morpholine rings is 1. The van der Waals surface area contributed by atoms with Gasteiger partial charge in [0, 0.05) is 25.0 Å². The highest BCUT2D eigenvalue weighted by Crippen LogP contribution is 2.21. The third-order valence-electron chi connectivity index (χ3n) is 3.30. The zero-order valence-corrected chi connectivity index (χ0v) is 10.5. The topological polar surface area (TPSA) is 62.9 Å². The molecule has 0 bridgehead atoms. The molecular formula is C14H15NO4. The number of hydrogen-bond donors (Lipinski definition) is 1. The number of carbonyl (C=O) groups is 1. The van der Waals surface area contributed by atoms with Crippen LogP contribution in [-0.2, 0) is 11.3 Å². The van der Waals surface area contributed by atoms with Crippen LogP contribution in [0.2, 0.25) is 0 Å². The molecule has 2 aromatic rings. The highest BCUT2D eigenvalue weighted by Gasteiger charge is 2.13. The summed E-state index contributed by atoms with van der Waals surface area (Å²) in [6.07, 6.45) is 0. The summed E-state index contributed by atoms with van der Waals surface area (Å²) in [5.74, 6) is -1.05. The van der Waals surface area contributed by atoms with E-state index < -0.39 is 5.97 Å². The Labute approximate surface area is 110 Å². The molecular weight excluding hydrogens is 246 g/mol. The molecule has 0 unspecified atom stereocenters. The summed E-state index contributed by atoms with van der Waals surface area (Å²) < 4.78 is 10.6. The lowest BCUT2D eigenvalue weighted by molar-refractivity contribution is 0.0342. The zero-order chi connectivity index (χ0) is 13.2. The van der Waals surface area contributed by atoms with Crippen molar-refractivity contribution in [2.75, 3.05) is 26.3 Å². The summed E-state index contributed by atoms with van der Waals surface area (Å²) in [7, 11) is 0. The molecule has 0 aliphatic carbocycles. The maximum atomic E-state index is 10.9. The first-order chi connectivity index (χ1) is 9.22. The van der Waals surface area contributed by atoms with Gasteiger partial charge in [-0.25, -0.2) is 4.79 Å². The molecule has 3 rings (SSSR count). The summed E-state index contributed by atoms with van der Waals surface area (Å²) in [6, 6.07) is 7.37. The van der Waals surface area contributed by atoms with Crippen LogP contribution >= 0.6 is 0 Å². The van der Waals surface area contributed by atoms with Gasteiger partial charge in [-0.1, -0.05) is 6.07 Å². The van der Waals surface area contributed by atoms with E-state index in [0.717, 1.165) is 43.8 Å². The van der Waals surface area contributed by atoms with Crippen molar-refractivity contribution >= 4 is 16.9 Å². The van der Waals surface area contributed by atoms with Crippen molar-refractivity contribution in [3.05, 3.63) is 35.6 Å². The lowest BCUT2D eigenvalue weighted by Crippen LogP contribution is -2.35. The summed E-state index contributed by atoms with van der Waals surface area (Å²) in [6.45, 7) is 4.27. The standard InChI is InChI=1S/C14H15NO4/c16-14(17)13-8-11-7-10(1-2-12(11)19-13)9-15-3-5-18-6-4-15/h1-2,7-8H,3-6,9H2,(H,16,17). The second-order valence-corrected chi connectivity index (χ2v) is 4.68. The number of ether oxygens (including phenoxy) is 1. The van der Waals surface area contributed by atoms with E-state index in [1.807, 2.05) is 18.2 Å². The Bertz CT molecular complexity index is 599. The average molecular weight is 261 g/mol. The molecule has 0 spiro atoms. The van der Waals surface area contributed by atoms with Crippen LogP contribution in [0.3, 0.4) is 0 Å². The number of carboxylic acid groups (broad SMARTS) is 1. The first kappa shape index (κ1) is 12.2. The van der Waals surface area contributed by atoms with Crippen molar-refractivity contribution < 1.29 is 19.1 Å². The normalized spacial score (nSPS) is 16.8. The largest absolute Gasteiger partial charge is 0.475 e. The Balaban J connectivity index is 1.82. The molecule has 19 heavy (non-hydrogen) atoms. The van der Waals surface area contributed by atoms with Crippen LogP contribution in [0.4, 0.5) is 0 Å². The molecule has 1 aliphatic heterocycles. The minimum absolute atomic E-state index is 0.0153. The fourth-order valence-electron chi connectivity index (χ4n) is 2.31. The lowest BCUT2D eigenvalue weighted by atomic mass is 10.1. The van der Waals surface area contributed by atoms with Crippen molar-refractivity contribution in [2.45, 2.75) is 6.54 Å². The van der Waals surface area contributed by atoms with Gasteiger partial charge in [-0.15, -0.1) is 0 Å². The maximum absolute atomic E-state index is 10.9. The third-order valence-corrected chi connectivity index (χ3v) is 3.30. The number of hydrogen-bond acceptors (Lipinski definition) is 4. The van der Waals surface area contributed by atoms with E-state index in [1.54, 1.807) is 6.07 Å². The minimum atomic E-state index is -1.04. The van der Waals surface area contributed by atoms with E-state index in [2.05, 4.69) is 4.90 Å². The van der Waals surface area contributed by atoms with Gasteiger partial charge in [-0.05, 0) is 23.8 Å². The van der Waals surface area contributed by atoms with E-state index >= 15 is 0 Å². The third kappa shape index (κ3) is 2.62. The van der Waals surface area contributed by atoms with Crippen LogP contribution in [-0.4, -0.2) is 42.3 Å². The molecule has 5 nitrogen and oxygen atoms in total. The van der Waals surface area contributed by atoms with Gasteiger partial charge in [0.2, 0.25) is 5.76 Å². The molecule has 0 saturated carbocycles. The van der Waals surface area contributed by atoms with Gasteiger partial charge >= 0.3 is 5.97 Å². The number of benzene rings is 1. The molecule has 0 atom stereocenters. The van der Waals surface area contributed by atoms with Gasteiger partial charge in [-0.3, -0.25) is 4.90 Å². The van der Waals surface area contributed by atoms with Gasteiger partial charge in [0.25, 0.3) is 0 Å². The monoisotopic (exact) mass is 261 g/mol. The predicted molar refractivity (Wildman–Crippen MR) is 69.3 cm³/mol. The molecule has 0 radical (unpaired) electrons. The smallest absolute Gasteiger partial charge is 0.371 e. The predicted octanol–water partition coefficient (Wildman–Crippen LogP) is 1.96. The number of fused-ring (bicyclic) bond motifs is 1. The fourth-order valence-corrected chi connectivity index (χ4v) is 2.31. The molecule has 100 valence electrons.